The average Bonchev–Trinajstić information content (AvgIpc) is 2.43. The highest BCUT2D eigenvalue weighted by atomic mass is 32.2. The second kappa shape index (κ2) is 6.85. The van der Waals surface area contributed by atoms with Crippen LogP contribution in [-0.2, 0) is 6.42 Å². The minimum Gasteiger partial charge on any atom is -0.478 e. The van der Waals surface area contributed by atoms with Crippen LogP contribution in [0.4, 0.5) is 5.69 Å². The molecule has 0 saturated carbocycles. The highest BCUT2D eigenvalue weighted by molar-refractivity contribution is 7.99. The van der Waals surface area contributed by atoms with Crippen molar-refractivity contribution >= 4 is 23.4 Å². The topological polar surface area (TPSA) is 40.5 Å². The SMILES string of the molecule is CCSCCCN1CCCc2cc(C(=O)O)ccc21. The first-order valence-corrected chi connectivity index (χ1v) is 8.06. The first-order valence-electron chi connectivity index (χ1n) is 6.91. The highest BCUT2D eigenvalue weighted by Gasteiger charge is 2.17. The number of aromatic carboxylic acids is 1. The van der Waals surface area contributed by atoms with E-state index in [9.17, 15) is 4.79 Å². The van der Waals surface area contributed by atoms with Crippen molar-refractivity contribution in [3.63, 3.8) is 0 Å². The molecule has 1 aliphatic rings. The molecule has 0 spiro atoms. The molecule has 1 heterocycles. The number of nitrogens with zero attached hydrogens (tertiary/aromatic N) is 1. The van der Waals surface area contributed by atoms with Gasteiger partial charge in [0.1, 0.15) is 0 Å². The van der Waals surface area contributed by atoms with E-state index in [1.165, 1.54) is 29.2 Å². The summed E-state index contributed by atoms with van der Waals surface area (Å²) in [5, 5.41) is 9.04. The molecule has 104 valence electrons. The molecule has 0 unspecified atom stereocenters. The van der Waals surface area contributed by atoms with Crippen molar-refractivity contribution in [1.29, 1.82) is 0 Å². The molecule has 1 aromatic carbocycles. The van der Waals surface area contributed by atoms with Gasteiger partial charge in [-0.1, -0.05) is 6.92 Å². The molecule has 0 fully saturated rings. The van der Waals surface area contributed by atoms with Gasteiger partial charge in [0.2, 0.25) is 0 Å². The monoisotopic (exact) mass is 279 g/mol. The van der Waals surface area contributed by atoms with Crippen LogP contribution in [0, 0.1) is 0 Å². The number of benzene rings is 1. The van der Waals surface area contributed by atoms with Gasteiger partial charge in [-0.05, 0) is 54.5 Å². The molecule has 0 aromatic heterocycles. The average molecular weight is 279 g/mol. The van der Waals surface area contributed by atoms with E-state index in [0.717, 1.165) is 25.9 Å². The molecule has 0 bridgehead atoms. The third-order valence-electron chi connectivity index (χ3n) is 3.46. The summed E-state index contributed by atoms with van der Waals surface area (Å²) in [6, 6.07) is 5.54. The Hall–Kier alpha value is -1.16. The van der Waals surface area contributed by atoms with Crippen LogP contribution in [0.2, 0.25) is 0 Å². The Morgan fingerprint density at radius 1 is 1.47 bits per heavy atom. The third-order valence-corrected chi connectivity index (χ3v) is 4.45. The number of rotatable bonds is 6. The fourth-order valence-electron chi connectivity index (χ4n) is 2.54. The van der Waals surface area contributed by atoms with E-state index >= 15 is 0 Å². The Morgan fingerprint density at radius 3 is 3.05 bits per heavy atom. The number of aryl methyl sites for hydroxylation is 1. The molecule has 0 aliphatic carbocycles. The maximum absolute atomic E-state index is 11.0. The maximum atomic E-state index is 11.0. The van der Waals surface area contributed by atoms with Crippen molar-refractivity contribution in [2.24, 2.45) is 0 Å². The van der Waals surface area contributed by atoms with Crippen molar-refractivity contribution in [3.05, 3.63) is 29.3 Å². The van der Waals surface area contributed by atoms with Crippen LogP contribution in [0.15, 0.2) is 18.2 Å². The number of hydrogen-bond donors (Lipinski definition) is 1. The predicted octanol–water partition coefficient (Wildman–Crippen LogP) is 3.28. The van der Waals surface area contributed by atoms with Crippen molar-refractivity contribution in [2.45, 2.75) is 26.2 Å². The summed E-state index contributed by atoms with van der Waals surface area (Å²) in [6.07, 6.45) is 3.31. The number of thioether (sulfide) groups is 1. The van der Waals surface area contributed by atoms with Crippen molar-refractivity contribution in [2.75, 3.05) is 29.5 Å². The summed E-state index contributed by atoms with van der Waals surface area (Å²) in [7, 11) is 0. The largest absolute Gasteiger partial charge is 0.478 e. The zero-order chi connectivity index (χ0) is 13.7. The molecular weight excluding hydrogens is 258 g/mol. The van der Waals surface area contributed by atoms with Gasteiger partial charge >= 0.3 is 5.97 Å². The van der Waals surface area contributed by atoms with Gasteiger partial charge in [-0.25, -0.2) is 4.79 Å². The number of fused-ring (bicyclic) bond motifs is 1. The van der Waals surface area contributed by atoms with Crippen LogP contribution < -0.4 is 4.90 Å². The molecule has 0 amide bonds. The Morgan fingerprint density at radius 2 is 2.32 bits per heavy atom. The Bertz CT molecular complexity index is 448. The van der Waals surface area contributed by atoms with Gasteiger partial charge in [0, 0.05) is 18.8 Å². The second-order valence-electron chi connectivity index (χ2n) is 4.79. The smallest absolute Gasteiger partial charge is 0.335 e. The third kappa shape index (κ3) is 3.66. The van der Waals surface area contributed by atoms with Crippen molar-refractivity contribution in [3.8, 4) is 0 Å². The van der Waals surface area contributed by atoms with Crippen LogP contribution in [0.1, 0.15) is 35.7 Å². The first kappa shape index (κ1) is 14.3. The van der Waals surface area contributed by atoms with Crippen LogP contribution >= 0.6 is 11.8 Å². The van der Waals surface area contributed by atoms with Crippen LogP contribution in [0.5, 0.6) is 0 Å². The van der Waals surface area contributed by atoms with Gasteiger partial charge < -0.3 is 10.0 Å². The lowest BCUT2D eigenvalue weighted by Crippen LogP contribution is -2.30. The van der Waals surface area contributed by atoms with E-state index < -0.39 is 5.97 Å². The molecule has 1 aromatic rings. The fourth-order valence-corrected chi connectivity index (χ4v) is 3.16. The van der Waals surface area contributed by atoms with E-state index in [1.54, 1.807) is 6.07 Å². The predicted molar refractivity (Wildman–Crippen MR) is 81.6 cm³/mol. The summed E-state index contributed by atoms with van der Waals surface area (Å²) in [5.74, 6) is 1.55. The molecule has 3 nitrogen and oxygen atoms in total. The van der Waals surface area contributed by atoms with Gasteiger partial charge in [0.25, 0.3) is 0 Å². The molecule has 1 aliphatic heterocycles. The number of carboxylic acids is 1. The van der Waals surface area contributed by atoms with E-state index in [-0.39, 0.29) is 0 Å². The summed E-state index contributed by atoms with van der Waals surface area (Å²) >= 11 is 1.98. The van der Waals surface area contributed by atoms with Gasteiger partial charge in [-0.2, -0.15) is 11.8 Å². The molecule has 4 heteroatoms. The highest BCUT2D eigenvalue weighted by Crippen LogP contribution is 2.28. The van der Waals surface area contributed by atoms with E-state index in [1.807, 2.05) is 23.9 Å². The molecular formula is C15H21NO2S. The van der Waals surface area contributed by atoms with Crippen molar-refractivity contribution < 1.29 is 9.90 Å². The summed E-state index contributed by atoms with van der Waals surface area (Å²) in [6.45, 7) is 4.36. The van der Waals surface area contributed by atoms with E-state index in [4.69, 9.17) is 5.11 Å². The van der Waals surface area contributed by atoms with Crippen LogP contribution in [0.25, 0.3) is 0 Å². The Balaban J connectivity index is 2.04. The van der Waals surface area contributed by atoms with Gasteiger partial charge in [0.15, 0.2) is 0 Å². The lowest BCUT2D eigenvalue weighted by atomic mass is 9.99. The minimum absolute atomic E-state index is 0.405. The number of anilines is 1. The summed E-state index contributed by atoms with van der Waals surface area (Å²) in [4.78, 5) is 13.4. The lowest BCUT2D eigenvalue weighted by Gasteiger charge is -2.31. The lowest BCUT2D eigenvalue weighted by molar-refractivity contribution is 0.0697. The normalized spacial score (nSPS) is 14.3. The summed E-state index contributed by atoms with van der Waals surface area (Å²) in [5.41, 5.74) is 2.83. The van der Waals surface area contributed by atoms with E-state index in [0.29, 0.717) is 5.56 Å². The number of carbonyl (C=O) groups is 1. The second-order valence-corrected chi connectivity index (χ2v) is 6.18. The molecule has 0 radical (unpaired) electrons. The van der Waals surface area contributed by atoms with Crippen LogP contribution in [0.3, 0.4) is 0 Å². The fraction of sp³-hybridized carbons (Fsp3) is 0.533. The standard InChI is InChI=1S/C15H21NO2S/c1-2-19-10-4-9-16-8-3-5-12-11-13(15(17)18)6-7-14(12)16/h6-7,11H,2-5,8-10H2,1H3,(H,17,18). The zero-order valence-electron chi connectivity index (χ0n) is 11.4. The molecule has 1 N–H and O–H groups in total. The number of carboxylic acid groups (broad SMARTS) is 1. The van der Waals surface area contributed by atoms with Gasteiger partial charge in [-0.3, -0.25) is 0 Å². The number of hydrogen-bond acceptors (Lipinski definition) is 3. The van der Waals surface area contributed by atoms with Crippen molar-refractivity contribution in [1.82, 2.24) is 0 Å². The maximum Gasteiger partial charge on any atom is 0.335 e. The Labute approximate surface area is 119 Å². The molecule has 0 saturated heterocycles. The van der Waals surface area contributed by atoms with E-state index in [2.05, 4.69) is 11.8 Å². The van der Waals surface area contributed by atoms with Gasteiger partial charge in [-0.15, -0.1) is 0 Å². The van der Waals surface area contributed by atoms with Crippen LogP contribution in [-0.4, -0.2) is 35.7 Å². The molecule has 19 heavy (non-hydrogen) atoms. The first-order chi connectivity index (χ1) is 9.22. The summed E-state index contributed by atoms with van der Waals surface area (Å²) < 4.78 is 0. The molecule has 2 rings (SSSR count). The quantitative estimate of drug-likeness (QED) is 0.811. The zero-order valence-corrected chi connectivity index (χ0v) is 12.2. The minimum atomic E-state index is -0.834. The Kier molecular flexibility index (Phi) is 5.14. The molecule has 0 atom stereocenters. The van der Waals surface area contributed by atoms with Gasteiger partial charge in [0.05, 0.1) is 5.56 Å².